The highest BCUT2D eigenvalue weighted by Crippen LogP contribution is 2.22. The second-order valence-corrected chi connectivity index (χ2v) is 6.80. The van der Waals surface area contributed by atoms with E-state index in [0.717, 1.165) is 10.9 Å². The topological polar surface area (TPSA) is 75.6 Å². The van der Waals surface area contributed by atoms with Gasteiger partial charge >= 0.3 is 12.6 Å². The van der Waals surface area contributed by atoms with Gasteiger partial charge in [0.2, 0.25) is 5.91 Å². The third kappa shape index (κ3) is 5.25. The van der Waals surface area contributed by atoms with Crippen molar-refractivity contribution in [2.75, 3.05) is 19.4 Å². The van der Waals surface area contributed by atoms with Gasteiger partial charge in [0.15, 0.2) is 0 Å². The van der Waals surface area contributed by atoms with Crippen LogP contribution in [0.5, 0.6) is 5.75 Å². The molecule has 1 aromatic heterocycles. The summed E-state index contributed by atoms with van der Waals surface area (Å²) >= 11 is 0. The summed E-state index contributed by atoms with van der Waals surface area (Å²) < 4.78 is 31.3. The number of amides is 3. The predicted octanol–water partition coefficient (Wildman–Crippen LogP) is 3.65. The van der Waals surface area contributed by atoms with Crippen LogP contribution in [0.4, 0.5) is 19.3 Å². The van der Waals surface area contributed by atoms with E-state index in [2.05, 4.69) is 15.4 Å². The third-order valence-corrected chi connectivity index (χ3v) is 4.46. The lowest BCUT2D eigenvalue weighted by Crippen LogP contribution is -2.28. The first-order valence-corrected chi connectivity index (χ1v) is 9.20. The smallest absolute Gasteiger partial charge is 0.387 e. The normalized spacial score (nSPS) is 10.8. The van der Waals surface area contributed by atoms with Gasteiger partial charge in [-0.2, -0.15) is 8.78 Å². The number of anilines is 1. The molecule has 1 heterocycles. The monoisotopic (exact) mass is 416 g/mol. The number of carbonyl (C=O) groups is 2. The molecular weight excluding hydrogens is 394 g/mol. The van der Waals surface area contributed by atoms with Crippen LogP contribution in [0.25, 0.3) is 10.9 Å². The number of hydrogen-bond acceptors (Lipinski definition) is 3. The molecule has 0 fully saturated rings. The van der Waals surface area contributed by atoms with Gasteiger partial charge in [0.1, 0.15) is 12.3 Å². The number of rotatable bonds is 7. The van der Waals surface area contributed by atoms with Crippen molar-refractivity contribution in [1.82, 2.24) is 14.8 Å². The molecule has 0 aliphatic carbocycles. The highest BCUT2D eigenvalue weighted by Gasteiger charge is 2.11. The molecule has 0 bridgehead atoms. The molecule has 2 aromatic carbocycles. The summed E-state index contributed by atoms with van der Waals surface area (Å²) in [6.45, 7) is -2.68. The fourth-order valence-electron chi connectivity index (χ4n) is 2.91. The number of benzene rings is 2. The van der Waals surface area contributed by atoms with Gasteiger partial charge in [-0.15, -0.1) is 0 Å². The zero-order chi connectivity index (χ0) is 21.7. The second-order valence-electron chi connectivity index (χ2n) is 6.80. The molecule has 0 spiro atoms. The van der Waals surface area contributed by atoms with Crippen molar-refractivity contribution in [2.24, 2.45) is 0 Å². The number of aromatic nitrogens is 1. The summed E-state index contributed by atoms with van der Waals surface area (Å²) in [6, 6.07) is 13.0. The second kappa shape index (κ2) is 9.25. The number of urea groups is 1. The lowest BCUT2D eigenvalue weighted by molar-refractivity contribution is -0.129. The molecular formula is C21H22F2N4O3. The summed E-state index contributed by atoms with van der Waals surface area (Å²) in [5.74, 6) is -0.00647. The summed E-state index contributed by atoms with van der Waals surface area (Å²) in [4.78, 5) is 25.7. The van der Waals surface area contributed by atoms with E-state index in [0.29, 0.717) is 11.3 Å². The van der Waals surface area contributed by atoms with Crippen molar-refractivity contribution in [2.45, 2.75) is 19.7 Å². The number of hydrogen-bond donors (Lipinski definition) is 2. The molecule has 0 aliphatic rings. The Hall–Kier alpha value is -3.62. The predicted molar refractivity (Wildman–Crippen MR) is 110 cm³/mol. The molecule has 0 radical (unpaired) electrons. The number of fused-ring (bicyclic) bond motifs is 1. The van der Waals surface area contributed by atoms with Crippen LogP contribution < -0.4 is 15.4 Å². The zero-order valence-electron chi connectivity index (χ0n) is 16.6. The highest BCUT2D eigenvalue weighted by molar-refractivity contribution is 5.93. The Morgan fingerprint density at radius 2 is 1.90 bits per heavy atom. The van der Waals surface area contributed by atoms with Crippen LogP contribution in [-0.4, -0.2) is 42.1 Å². The first-order valence-electron chi connectivity index (χ1n) is 9.20. The lowest BCUT2D eigenvalue weighted by Gasteiger charge is -2.13. The zero-order valence-corrected chi connectivity index (χ0v) is 16.6. The minimum absolute atomic E-state index is 0.0165. The van der Waals surface area contributed by atoms with Gasteiger partial charge in [-0.3, -0.25) is 4.79 Å². The van der Waals surface area contributed by atoms with Gasteiger partial charge in [0.05, 0.1) is 0 Å². The van der Waals surface area contributed by atoms with Crippen LogP contribution in [0, 0.1) is 0 Å². The molecule has 30 heavy (non-hydrogen) atoms. The number of carbonyl (C=O) groups excluding carboxylic acids is 2. The van der Waals surface area contributed by atoms with Gasteiger partial charge in [-0.05, 0) is 30.3 Å². The van der Waals surface area contributed by atoms with E-state index in [4.69, 9.17) is 0 Å². The largest absolute Gasteiger partial charge is 0.434 e. The van der Waals surface area contributed by atoms with E-state index in [9.17, 15) is 18.4 Å². The fraction of sp³-hybridized carbons (Fsp3) is 0.238. The van der Waals surface area contributed by atoms with Crippen molar-refractivity contribution in [1.29, 1.82) is 0 Å². The van der Waals surface area contributed by atoms with E-state index in [1.165, 1.54) is 11.0 Å². The number of nitrogens with zero attached hydrogens (tertiary/aromatic N) is 2. The molecule has 3 rings (SSSR count). The van der Waals surface area contributed by atoms with Gasteiger partial charge in [-0.25, -0.2) is 4.79 Å². The summed E-state index contributed by atoms with van der Waals surface area (Å²) in [7, 11) is 3.40. The SMILES string of the molecule is CN(C)C(=O)Cn1ccc2cc(NC(=O)NCc3ccccc3OC(F)F)ccc21. The van der Waals surface area contributed by atoms with Crippen LogP contribution in [0.3, 0.4) is 0 Å². The van der Waals surface area contributed by atoms with Crippen molar-refractivity contribution in [3.8, 4) is 5.75 Å². The van der Waals surface area contributed by atoms with Crippen LogP contribution in [-0.2, 0) is 17.9 Å². The van der Waals surface area contributed by atoms with E-state index >= 15 is 0 Å². The summed E-state index contributed by atoms with van der Waals surface area (Å²) in [5, 5.41) is 6.20. The fourth-order valence-corrected chi connectivity index (χ4v) is 2.91. The molecule has 0 saturated heterocycles. The minimum Gasteiger partial charge on any atom is -0.434 e. The van der Waals surface area contributed by atoms with Crippen molar-refractivity contribution >= 4 is 28.5 Å². The molecule has 9 heteroatoms. The van der Waals surface area contributed by atoms with E-state index in [-0.39, 0.29) is 24.7 Å². The first kappa shape index (κ1) is 21.1. The number of halogens is 2. The van der Waals surface area contributed by atoms with Crippen LogP contribution >= 0.6 is 0 Å². The average Bonchev–Trinajstić information content (AvgIpc) is 3.08. The molecule has 3 aromatic rings. The molecule has 7 nitrogen and oxygen atoms in total. The van der Waals surface area contributed by atoms with E-state index in [1.54, 1.807) is 44.4 Å². The molecule has 2 N–H and O–H groups in total. The maximum Gasteiger partial charge on any atom is 0.387 e. The Morgan fingerprint density at radius 1 is 1.13 bits per heavy atom. The number of alkyl halides is 2. The highest BCUT2D eigenvalue weighted by atomic mass is 19.3. The van der Waals surface area contributed by atoms with Crippen molar-refractivity contribution < 1.29 is 23.1 Å². The van der Waals surface area contributed by atoms with Gasteiger partial charge in [-0.1, -0.05) is 18.2 Å². The molecule has 158 valence electrons. The van der Waals surface area contributed by atoms with Crippen LogP contribution in [0.15, 0.2) is 54.7 Å². The lowest BCUT2D eigenvalue weighted by atomic mass is 10.2. The number of likely N-dealkylation sites (N-methyl/N-ethyl adjacent to an activating group) is 1. The number of ether oxygens (including phenoxy) is 1. The Kier molecular flexibility index (Phi) is 6.51. The number of para-hydroxylation sites is 1. The molecule has 0 unspecified atom stereocenters. The van der Waals surface area contributed by atoms with Gasteiger partial charge in [0, 0.05) is 49.0 Å². The Morgan fingerprint density at radius 3 is 2.63 bits per heavy atom. The Bertz CT molecular complexity index is 1050. The molecule has 3 amide bonds. The van der Waals surface area contributed by atoms with Crippen LogP contribution in [0.1, 0.15) is 5.56 Å². The quantitative estimate of drug-likeness (QED) is 0.617. The maximum absolute atomic E-state index is 12.5. The standard InChI is InChI=1S/C21H22F2N4O3/c1-26(2)19(28)13-27-10-9-14-11-16(7-8-17(14)27)25-21(29)24-12-15-5-3-4-6-18(15)30-20(22)23/h3-11,20H,12-13H2,1-2H3,(H2,24,25,29). The maximum atomic E-state index is 12.5. The number of nitrogens with one attached hydrogen (secondary N) is 2. The van der Waals surface area contributed by atoms with E-state index in [1.807, 2.05) is 22.9 Å². The molecule has 0 atom stereocenters. The minimum atomic E-state index is -2.94. The molecule has 0 aliphatic heterocycles. The van der Waals surface area contributed by atoms with Crippen molar-refractivity contribution in [3.05, 3.63) is 60.3 Å². The van der Waals surface area contributed by atoms with Gasteiger partial charge < -0.3 is 24.8 Å². The van der Waals surface area contributed by atoms with Crippen molar-refractivity contribution in [3.63, 3.8) is 0 Å². The van der Waals surface area contributed by atoms with Gasteiger partial charge in [0.25, 0.3) is 0 Å². The summed E-state index contributed by atoms with van der Waals surface area (Å²) in [5.41, 5.74) is 1.87. The Balaban J connectivity index is 1.63. The Labute approximate surface area is 172 Å². The average molecular weight is 416 g/mol. The third-order valence-electron chi connectivity index (χ3n) is 4.46. The van der Waals surface area contributed by atoms with Crippen LogP contribution in [0.2, 0.25) is 0 Å². The molecule has 0 saturated carbocycles. The summed E-state index contributed by atoms with van der Waals surface area (Å²) in [6.07, 6.45) is 1.82. The first-order chi connectivity index (χ1) is 14.3. The van der Waals surface area contributed by atoms with E-state index < -0.39 is 12.6 Å².